The summed E-state index contributed by atoms with van der Waals surface area (Å²) in [5, 5.41) is 3.91. The van der Waals surface area contributed by atoms with E-state index in [0.29, 0.717) is 5.75 Å². The molecule has 0 unspecified atom stereocenters. The van der Waals surface area contributed by atoms with Crippen LogP contribution in [0.15, 0.2) is 35.4 Å². The SMILES string of the molecule is Cc1ccc(OCC(=O)NN=Cc2ccc(C)s2)c(C)c1. The van der Waals surface area contributed by atoms with Crippen molar-refractivity contribution in [3.05, 3.63) is 51.2 Å². The number of amides is 1. The molecule has 1 N–H and O–H groups in total. The van der Waals surface area contributed by atoms with Crippen molar-refractivity contribution in [3.63, 3.8) is 0 Å². The molecule has 5 heteroatoms. The van der Waals surface area contributed by atoms with Crippen LogP contribution >= 0.6 is 11.3 Å². The molecule has 1 aromatic carbocycles. The monoisotopic (exact) mass is 302 g/mol. The average Bonchev–Trinajstić information content (AvgIpc) is 2.83. The van der Waals surface area contributed by atoms with E-state index in [2.05, 4.69) is 10.5 Å². The number of hydrogen-bond acceptors (Lipinski definition) is 4. The standard InChI is InChI=1S/C16H18N2O2S/c1-11-4-7-15(12(2)8-11)20-10-16(19)18-17-9-14-6-5-13(3)21-14/h4-9H,10H2,1-3H3,(H,18,19). The second-order valence-corrected chi connectivity index (χ2v) is 6.12. The van der Waals surface area contributed by atoms with Gasteiger partial charge in [0.2, 0.25) is 0 Å². The fourth-order valence-electron chi connectivity index (χ4n) is 1.83. The second kappa shape index (κ2) is 7.04. The van der Waals surface area contributed by atoms with Crippen LogP contribution in [0.1, 0.15) is 20.9 Å². The van der Waals surface area contributed by atoms with E-state index in [4.69, 9.17) is 4.74 Å². The quantitative estimate of drug-likeness (QED) is 0.681. The number of carbonyl (C=O) groups is 1. The van der Waals surface area contributed by atoms with Gasteiger partial charge >= 0.3 is 0 Å². The maximum atomic E-state index is 11.6. The number of nitrogens with zero attached hydrogens (tertiary/aromatic N) is 1. The number of hydrazone groups is 1. The van der Waals surface area contributed by atoms with Crippen molar-refractivity contribution in [2.75, 3.05) is 6.61 Å². The first-order valence-electron chi connectivity index (χ1n) is 6.63. The van der Waals surface area contributed by atoms with Gasteiger partial charge in [0.1, 0.15) is 5.75 Å². The Morgan fingerprint density at radius 2 is 2.10 bits per heavy atom. The van der Waals surface area contributed by atoms with Crippen LogP contribution in [0.5, 0.6) is 5.75 Å². The van der Waals surface area contributed by atoms with Gasteiger partial charge in [0, 0.05) is 9.75 Å². The highest BCUT2D eigenvalue weighted by Crippen LogP contribution is 2.18. The molecule has 1 aromatic heterocycles. The predicted molar refractivity (Wildman–Crippen MR) is 86.2 cm³/mol. The molecule has 110 valence electrons. The summed E-state index contributed by atoms with van der Waals surface area (Å²) in [5.41, 5.74) is 4.63. The number of aryl methyl sites for hydroxylation is 3. The summed E-state index contributed by atoms with van der Waals surface area (Å²) < 4.78 is 5.48. The van der Waals surface area contributed by atoms with Crippen molar-refractivity contribution in [2.45, 2.75) is 20.8 Å². The Hall–Kier alpha value is -2.14. The van der Waals surface area contributed by atoms with Gasteiger partial charge in [-0.05, 0) is 44.5 Å². The zero-order valence-corrected chi connectivity index (χ0v) is 13.2. The fourth-order valence-corrected chi connectivity index (χ4v) is 2.58. The highest BCUT2D eigenvalue weighted by molar-refractivity contribution is 7.13. The maximum Gasteiger partial charge on any atom is 0.277 e. The molecule has 0 spiro atoms. The van der Waals surface area contributed by atoms with Gasteiger partial charge in [-0.25, -0.2) is 5.43 Å². The Kier molecular flexibility index (Phi) is 5.11. The molecule has 0 fully saturated rings. The minimum Gasteiger partial charge on any atom is -0.483 e. The first-order valence-corrected chi connectivity index (χ1v) is 7.44. The lowest BCUT2D eigenvalue weighted by Gasteiger charge is -2.08. The van der Waals surface area contributed by atoms with E-state index >= 15 is 0 Å². The number of rotatable bonds is 5. The third-order valence-electron chi connectivity index (χ3n) is 2.83. The topological polar surface area (TPSA) is 50.7 Å². The third-order valence-corrected chi connectivity index (χ3v) is 3.77. The van der Waals surface area contributed by atoms with Gasteiger partial charge in [-0.15, -0.1) is 11.3 Å². The maximum absolute atomic E-state index is 11.6. The van der Waals surface area contributed by atoms with Crippen molar-refractivity contribution in [2.24, 2.45) is 5.10 Å². The number of nitrogens with one attached hydrogen (secondary N) is 1. The van der Waals surface area contributed by atoms with Crippen LogP contribution in [0.4, 0.5) is 0 Å². The summed E-state index contributed by atoms with van der Waals surface area (Å²) in [4.78, 5) is 13.9. The van der Waals surface area contributed by atoms with Crippen molar-refractivity contribution in [3.8, 4) is 5.75 Å². The number of carbonyl (C=O) groups excluding carboxylic acids is 1. The Morgan fingerprint density at radius 3 is 2.76 bits per heavy atom. The van der Waals surface area contributed by atoms with Crippen LogP contribution in [-0.2, 0) is 4.79 Å². The molecule has 2 rings (SSSR count). The van der Waals surface area contributed by atoms with Gasteiger partial charge in [0.25, 0.3) is 5.91 Å². The molecule has 21 heavy (non-hydrogen) atoms. The Morgan fingerprint density at radius 1 is 1.29 bits per heavy atom. The average molecular weight is 302 g/mol. The second-order valence-electron chi connectivity index (χ2n) is 4.80. The zero-order chi connectivity index (χ0) is 15.2. The molecular weight excluding hydrogens is 284 g/mol. The first kappa shape index (κ1) is 15.3. The molecule has 0 aliphatic heterocycles. The van der Waals surface area contributed by atoms with E-state index in [1.807, 2.05) is 51.1 Å². The predicted octanol–water partition coefficient (Wildman–Crippen LogP) is 3.20. The molecule has 1 amide bonds. The molecule has 0 saturated carbocycles. The molecular formula is C16H18N2O2S. The number of hydrogen-bond donors (Lipinski definition) is 1. The van der Waals surface area contributed by atoms with Gasteiger partial charge in [0.05, 0.1) is 6.21 Å². The van der Waals surface area contributed by atoms with Crippen molar-refractivity contribution in [1.82, 2.24) is 5.43 Å². The molecule has 0 saturated heterocycles. The van der Waals surface area contributed by atoms with Crippen LogP contribution in [0.25, 0.3) is 0 Å². The van der Waals surface area contributed by atoms with Crippen LogP contribution in [0, 0.1) is 20.8 Å². The minimum atomic E-state index is -0.278. The molecule has 0 aliphatic carbocycles. The summed E-state index contributed by atoms with van der Waals surface area (Å²) in [5.74, 6) is 0.438. The number of thiophene rings is 1. The molecule has 0 atom stereocenters. The van der Waals surface area contributed by atoms with Crippen molar-refractivity contribution >= 4 is 23.5 Å². The largest absolute Gasteiger partial charge is 0.483 e. The van der Waals surface area contributed by atoms with Gasteiger partial charge < -0.3 is 4.74 Å². The Bertz CT molecular complexity index is 662. The number of ether oxygens (including phenoxy) is 1. The lowest BCUT2D eigenvalue weighted by Crippen LogP contribution is -2.24. The van der Waals surface area contributed by atoms with E-state index in [0.717, 1.165) is 10.4 Å². The highest BCUT2D eigenvalue weighted by Gasteiger charge is 2.04. The van der Waals surface area contributed by atoms with Crippen LogP contribution in [0.3, 0.4) is 0 Å². The summed E-state index contributed by atoms with van der Waals surface area (Å²) in [6.07, 6.45) is 1.63. The van der Waals surface area contributed by atoms with E-state index in [9.17, 15) is 4.79 Å². The lowest BCUT2D eigenvalue weighted by atomic mass is 10.1. The zero-order valence-electron chi connectivity index (χ0n) is 12.3. The van der Waals surface area contributed by atoms with Crippen molar-refractivity contribution < 1.29 is 9.53 Å². The molecule has 0 bridgehead atoms. The van der Waals surface area contributed by atoms with Crippen molar-refractivity contribution in [1.29, 1.82) is 0 Å². The Labute approximate surface area is 128 Å². The number of benzene rings is 1. The summed E-state index contributed by atoms with van der Waals surface area (Å²) in [6, 6.07) is 9.82. The molecule has 2 aromatic rings. The molecule has 4 nitrogen and oxygen atoms in total. The van der Waals surface area contributed by atoms with Crippen LogP contribution < -0.4 is 10.2 Å². The van der Waals surface area contributed by atoms with E-state index < -0.39 is 0 Å². The van der Waals surface area contributed by atoms with Gasteiger partial charge in [0.15, 0.2) is 6.61 Å². The van der Waals surface area contributed by atoms with Crippen LogP contribution in [0.2, 0.25) is 0 Å². The highest BCUT2D eigenvalue weighted by atomic mass is 32.1. The van der Waals surface area contributed by atoms with Gasteiger partial charge in [-0.3, -0.25) is 4.79 Å². The van der Waals surface area contributed by atoms with E-state index in [-0.39, 0.29) is 12.5 Å². The minimum absolute atomic E-state index is 0.0509. The Balaban J connectivity index is 1.81. The summed E-state index contributed by atoms with van der Waals surface area (Å²) >= 11 is 1.62. The normalized spacial score (nSPS) is 10.8. The summed E-state index contributed by atoms with van der Waals surface area (Å²) in [7, 11) is 0. The van der Waals surface area contributed by atoms with Gasteiger partial charge in [-0.2, -0.15) is 5.10 Å². The van der Waals surface area contributed by atoms with E-state index in [1.54, 1.807) is 17.6 Å². The lowest BCUT2D eigenvalue weighted by molar-refractivity contribution is -0.123. The third kappa shape index (κ3) is 4.72. The molecule has 1 heterocycles. The molecule has 0 radical (unpaired) electrons. The fraction of sp³-hybridized carbons (Fsp3) is 0.250. The van der Waals surface area contributed by atoms with Crippen LogP contribution in [-0.4, -0.2) is 18.7 Å². The van der Waals surface area contributed by atoms with E-state index in [1.165, 1.54) is 10.4 Å². The summed E-state index contributed by atoms with van der Waals surface area (Å²) in [6.45, 7) is 5.95. The van der Waals surface area contributed by atoms with Gasteiger partial charge in [-0.1, -0.05) is 17.7 Å². The molecule has 0 aliphatic rings. The first-order chi connectivity index (χ1) is 10.0. The smallest absolute Gasteiger partial charge is 0.277 e.